The van der Waals surface area contributed by atoms with E-state index >= 15 is 0 Å². The first kappa shape index (κ1) is 36.8. The predicted octanol–water partition coefficient (Wildman–Crippen LogP) is 1.35. The van der Waals surface area contributed by atoms with Gasteiger partial charge in [0.05, 0.1) is 37.5 Å². The molecule has 0 aliphatic carbocycles. The Morgan fingerprint density at radius 3 is 2.30 bits per heavy atom. The summed E-state index contributed by atoms with van der Waals surface area (Å²) in [4.78, 5) is 41.5. The van der Waals surface area contributed by atoms with E-state index in [0.29, 0.717) is 5.52 Å². The number of aromatic nitrogens is 3. The minimum Gasteiger partial charge on any atom is -0.465 e. The second-order valence-electron chi connectivity index (χ2n) is 11.0. The molecule has 3 heterocycles. The number of aliphatic hydroxyl groups excluding tert-OH is 1. The number of nitrogens with two attached hydrogens (primary N) is 1. The van der Waals surface area contributed by atoms with Crippen molar-refractivity contribution in [2.45, 2.75) is 90.4 Å². The predicted molar refractivity (Wildman–Crippen MR) is 162 cm³/mol. The van der Waals surface area contributed by atoms with Crippen LogP contribution in [-0.4, -0.2) is 87.8 Å². The molecule has 254 valence electrons. The number of nitrogens with one attached hydrogen (secondary N) is 2. The first-order chi connectivity index (χ1) is 21.7. The number of hydrogen-bond acceptors (Lipinski definition) is 14. The molecular formula is C28H42N7O10P. The van der Waals surface area contributed by atoms with E-state index in [0.717, 1.165) is 0 Å². The number of aliphatic hydroxyl groups is 1. The summed E-state index contributed by atoms with van der Waals surface area (Å²) in [6, 6.07) is 3.00. The number of carbonyl (C=O) groups excluding carboxylic acids is 3. The molecule has 0 spiro atoms. The average molecular weight is 668 g/mol. The molecule has 3 rings (SSSR count). The summed E-state index contributed by atoms with van der Waals surface area (Å²) in [6.45, 7) is 8.63. The average Bonchev–Trinajstić information content (AvgIpc) is 3.40. The Morgan fingerprint density at radius 1 is 1.15 bits per heavy atom. The van der Waals surface area contributed by atoms with Crippen molar-refractivity contribution >= 4 is 36.9 Å². The van der Waals surface area contributed by atoms with E-state index < -0.39 is 74.1 Å². The van der Waals surface area contributed by atoms with E-state index in [9.17, 15) is 29.3 Å². The largest absolute Gasteiger partial charge is 0.465 e. The number of carbonyl (C=O) groups is 3. The fourth-order valence-corrected chi connectivity index (χ4v) is 6.54. The van der Waals surface area contributed by atoms with Gasteiger partial charge in [0.15, 0.2) is 17.5 Å². The minimum atomic E-state index is -4.35. The molecule has 1 aliphatic heterocycles. The summed E-state index contributed by atoms with van der Waals surface area (Å²) < 4.78 is 43.4. The Labute approximate surface area is 266 Å². The molecule has 1 saturated heterocycles. The lowest BCUT2D eigenvalue weighted by Crippen LogP contribution is -2.47. The van der Waals surface area contributed by atoms with Crippen LogP contribution in [0.5, 0.6) is 0 Å². The Bertz CT molecular complexity index is 1450. The molecule has 1 unspecified atom stereocenters. The van der Waals surface area contributed by atoms with Gasteiger partial charge >= 0.3 is 25.6 Å². The van der Waals surface area contributed by atoms with E-state index in [1.807, 2.05) is 0 Å². The van der Waals surface area contributed by atoms with Crippen LogP contribution in [0.1, 0.15) is 60.1 Å². The lowest BCUT2D eigenvalue weighted by molar-refractivity contribution is -0.180. The normalized spacial score (nSPS) is 23.2. The van der Waals surface area contributed by atoms with E-state index in [-0.39, 0.29) is 37.6 Å². The van der Waals surface area contributed by atoms with Crippen molar-refractivity contribution in [3.8, 4) is 6.07 Å². The highest BCUT2D eigenvalue weighted by Crippen LogP contribution is 2.43. The first-order valence-corrected chi connectivity index (χ1v) is 16.5. The Kier molecular flexibility index (Phi) is 12.6. The summed E-state index contributed by atoms with van der Waals surface area (Å²) >= 11 is 0. The number of hydrogen-bond donors (Lipinski definition) is 4. The molecule has 5 N–H and O–H groups in total. The summed E-state index contributed by atoms with van der Waals surface area (Å²) in [5.74, 6) is -2.59. The number of nitriles is 1. The van der Waals surface area contributed by atoms with E-state index in [1.54, 1.807) is 39.8 Å². The molecule has 1 fully saturated rings. The topological polar surface area (TPSA) is 239 Å². The van der Waals surface area contributed by atoms with Crippen molar-refractivity contribution in [2.75, 3.05) is 25.6 Å². The molecule has 1 aliphatic rings. The van der Waals surface area contributed by atoms with E-state index in [4.69, 9.17) is 29.2 Å². The van der Waals surface area contributed by atoms with Gasteiger partial charge in [-0.25, -0.2) is 19.7 Å². The van der Waals surface area contributed by atoms with Gasteiger partial charge in [0.2, 0.25) is 0 Å². The van der Waals surface area contributed by atoms with Crippen LogP contribution in [0.15, 0.2) is 18.5 Å². The van der Waals surface area contributed by atoms with Gasteiger partial charge in [0, 0.05) is 0 Å². The quantitative estimate of drug-likeness (QED) is 0.126. The van der Waals surface area contributed by atoms with Crippen molar-refractivity contribution in [2.24, 2.45) is 5.92 Å². The van der Waals surface area contributed by atoms with Gasteiger partial charge in [0.25, 0.3) is 0 Å². The fourth-order valence-electron chi connectivity index (χ4n) is 4.73. The summed E-state index contributed by atoms with van der Waals surface area (Å²) in [7, 11) is -4.35. The molecule has 0 bridgehead atoms. The molecule has 2 aromatic rings. The fraction of sp³-hybridized carbons (Fsp3) is 0.643. The van der Waals surface area contributed by atoms with Crippen LogP contribution < -0.4 is 15.9 Å². The summed E-state index contributed by atoms with van der Waals surface area (Å²) in [6.07, 6.45) is -3.04. The molecule has 18 heteroatoms. The van der Waals surface area contributed by atoms with Crippen LogP contribution >= 0.6 is 7.67 Å². The maximum Gasteiger partial charge on any atom is 0.342 e. The molecule has 0 radical (unpaired) electrons. The Balaban J connectivity index is 2.04. The maximum absolute atomic E-state index is 14.2. The van der Waals surface area contributed by atoms with Crippen molar-refractivity contribution in [1.82, 2.24) is 24.8 Å². The number of anilines is 1. The Morgan fingerprint density at radius 2 is 1.76 bits per heavy atom. The van der Waals surface area contributed by atoms with Crippen LogP contribution in [-0.2, 0) is 48.0 Å². The minimum absolute atomic E-state index is 0.0537. The molecule has 17 nitrogen and oxygen atoms in total. The molecule has 46 heavy (non-hydrogen) atoms. The van der Waals surface area contributed by atoms with Crippen LogP contribution in [0.4, 0.5) is 5.82 Å². The van der Waals surface area contributed by atoms with E-state index in [1.165, 1.54) is 24.7 Å². The third-order valence-electron chi connectivity index (χ3n) is 7.12. The number of ether oxygens (including phenoxy) is 4. The number of fused-ring (bicyclic) bond motifs is 1. The van der Waals surface area contributed by atoms with Gasteiger partial charge < -0.3 is 34.3 Å². The lowest BCUT2D eigenvalue weighted by Gasteiger charge is -2.34. The highest BCUT2D eigenvalue weighted by atomic mass is 31.2. The third kappa shape index (κ3) is 8.58. The number of rotatable bonds is 14. The van der Waals surface area contributed by atoms with Crippen molar-refractivity contribution in [3.05, 3.63) is 24.2 Å². The summed E-state index contributed by atoms with van der Waals surface area (Å²) in [5, 5.41) is 31.1. The van der Waals surface area contributed by atoms with Gasteiger partial charge in [0.1, 0.15) is 36.1 Å². The van der Waals surface area contributed by atoms with Crippen LogP contribution in [0, 0.1) is 17.2 Å². The number of nitrogens with zero attached hydrogens (tertiary/aromatic N) is 4. The van der Waals surface area contributed by atoms with Gasteiger partial charge in [-0.15, -0.1) is 0 Å². The summed E-state index contributed by atoms with van der Waals surface area (Å²) in [5.41, 5.74) is 4.86. The monoisotopic (exact) mass is 667 g/mol. The smallest absolute Gasteiger partial charge is 0.342 e. The van der Waals surface area contributed by atoms with Crippen LogP contribution in [0.2, 0.25) is 0 Å². The van der Waals surface area contributed by atoms with E-state index in [2.05, 4.69) is 26.3 Å². The molecular weight excluding hydrogens is 625 g/mol. The van der Waals surface area contributed by atoms with Gasteiger partial charge in [-0.3, -0.25) is 18.9 Å². The Hall–Kier alpha value is -3.65. The van der Waals surface area contributed by atoms with Crippen molar-refractivity contribution < 1.29 is 47.5 Å². The SMILES string of the molecule is CCOC(=O)[C@H](C)NP(=O)(N[C@@H](C)C(=O)OCC)OC[C@H]1O[C@@](C#N)(c2ccc3c(N)ncnn23)CCC(O)[C@@H]1OC(=O)C(C)C. The van der Waals surface area contributed by atoms with Crippen molar-refractivity contribution in [1.29, 1.82) is 5.26 Å². The first-order valence-electron chi connectivity index (χ1n) is 14.9. The maximum atomic E-state index is 14.2. The second kappa shape index (κ2) is 15.8. The van der Waals surface area contributed by atoms with Gasteiger partial charge in [-0.2, -0.15) is 10.4 Å². The lowest BCUT2D eigenvalue weighted by atomic mass is 9.94. The highest BCUT2D eigenvalue weighted by Gasteiger charge is 2.49. The zero-order valence-corrected chi connectivity index (χ0v) is 27.6. The van der Waals surface area contributed by atoms with Crippen LogP contribution in [0.25, 0.3) is 5.52 Å². The molecule has 6 atom stereocenters. The molecule has 0 amide bonds. The van der Waals surface area contributed by atoms with Gasteiger partial charge in [-0.05, 0) is 52.7 Å². The highest BCUT2D eigenvalue weighted by molar-refractivity contribution is 7.54. The van der Waals surface area contributed by atoms with Gasteiger partial charge in [-0.1, -0.05) is 13.8 Å². The standard InChI is InChI=1S/C28H42N7O10P/c1-7-41-26(38)17(5)33-46(40,34-18(6)27(39)42-8-2)43-13-21-23(44-25(37)16(3)4)20(36)11-12-28(14-29,45-21)22-10-9-19-24(30)31-15-32-35(19)22/h9-10,15-18,20-21,23,36H,7-8,11-13H2,1-6H3,(H2,30,31,32)(H2,33,34,40)/t17-,18-,20?,21+,23-,28-/m0/s1. The number of esters is 3. The molecule has 0 saturated carbocycles. The third-order valence-corrected chi connectivity index (χ3v) is 9.09. The molecule has 0 aromatic carbocycles. The van der Waals surface area contributed by atoms with Crippen LogP contribution in [0.3, 0.4) is 0 Å². The second-order valence-corrected chi connectivity index (χ2v) is 12.8. The number of nitrogen functional groups attached to an aromatic ring is 1. The zero-order chi connectivity index (χ0) is 34.2. The molecule has 2 aromatic heterocycles. The van der Waals surface area contributed by atoms with Crippen molar-refractivity contribution in [3.63, 3.8) is 0 Å². The zero-order valence-electron chi connectivity index (χ0n) is 26.7.